The van der Waals surface area contributed by atoms with Crippen molar-refractivity contribution in [1.82, 2.24) is 14.9 Å². The molecule has 0 saturated carbocycles. The second-order valence-corrected chi connectivity index (χ2v) is 8.75. The van der Waals surface area contributed by atoms with Gasteiger partial charge in [0.15, 0.2) is 16.7 Å². The van der Waals surface area contributed by atoms with Gasteiger partial charge in [-0.05, 0) is 36.8 Å². The Kier molecular flexibility index (Phi) is 8.05. The molecule has 0 aliphatic carbocycles. The van der Waals surface area contributed by atoms with Crippen molar-refractivity contribution in [3.8, 4) is 11.5 Å². The average Bonchev–Trinajstić information content (AvgIpc) is 2.90. The molecule has 7 nitrogen and oxygen atoms in total. The highest BCUT2D eigenvalue weighted by molar-refractivity contribution is 7.99. The van der Waals surface area contributed by atoms with Crippen LogP contribution < -0.4 is 20.3 Å². The van der Waals surface area contributed by atoms with Crippen LogP contribution in [0.15, 0.2) is 88.8 Å². The molecule has 0 fully saturated rings. The fourth-order valence-corrected chi connectivity index (χ4v) is 4.63. The normalized spacial score (nSPS) is 11.7. The van der Waals surface area contributed by atoms with Crippen molar-refractivity contribution >= 4 is 28.6 Å². The zero-order valence-electron chi connectivity index (χ0n) is 19.6. The Morgan fingerprint density at radius 2 is 1.69 bits per heavy atom. The molecule has 0 unspecified atom stereocenters. The Morgan fingerprint density at radius 1 is 1.00 bits per heavy atom. The molecular formula is C27H27N3O4S. The summed E-state index contributed by atoms with van der Waals surface area (Å²) in [5, 5.41) is 3.91. The van der Waals surface area contributed by atoms with Crippen LogP contribution in [0.4, 0.5) is 0 Å². The molecule has 0 aliphatic rings. The van der Waals surface area contributed by atoms with Crippen molar-refractivity contribution in [3.63, 3.8) is 0 Å². The van der Waals surface area contributed by atoms with Gasteiger partial charge in [-0.25, -0.2) is 4.98 Å². The first-order valence-electron chi connectivity index (χ1n) is 11.3. The molecule has 35 heavy (non-hydrogen) atoms. The van der Waals surface area contributed by atoms with Crippen LogP contribution >= 0.6 is 11.8 Å². The van der Waals surface area contributed by atoms with Crippen molar-refractivity contribution in [2.75, 3.05) is 26.0 Å². The Balaban J connectivity index is 1.44. The number of methoxy groups -OCH3 is 1. The highest BCUT2D eigenvalue weighted by atomic mass is 32.2. The van der Waals surface area contributed by atoms with Crippen LogP contribution in [0.3, 0.4) is 0 Å². The fraction of sp³-hybridized carbons (Fsp3) is 0.222. The molecule has 1 amide bonds. The molecule has 1 N–H and O–H groups in total. The molecule has 0 spiro atoms. The highest BCUT2D eigenvalue weighted by Gasteiger charge is 2.18. The minimum absolute atomic E-state index is 0.125. The lowest BCUT2D eigenvalue weighted by Crippen LogP contribution is -2.31. The van der Waals surface area contributed by atoms with E-state index in [1.54, 1.807) is 17.7 Å². The third-order valence-electron chi connectivity index (χ3n) is 5.53. The van der Waals surface area contributed by atoms with Crippen LogP contribution in [-0.2, 0) is 4.79 Å². The monoisotopic (exact) mass is 489 g/mol. The smallest absolute Gasteiger partial charge is 0.262 e. The number of carbonyl (C=O) groups excluding carboxylic acids is 1. The van der Waals surface area contributed by atoms with Gasteiger partial charge < -0.3 is 14.8 Å². The van der Waals surface area contributed by atoms with E-state index >= 15 is 0 Å². The van der Waals surface area contributed by atoms with Gasteiger partial charge in [0.2, 0.25) is 5.91 Å². The lowest BCUT2D eigenvalue weighted by molar-refractivity contribution is -0.118. The SMILES string of the molecule is COc1ccccc1OCCNC(=O)CSc1nc2ccccc2c(=O)n1[C@@H](C)c1ccccc1. The zero-order chi connectivity index (χ0) is 24.6. The number of para-hydroxylation sites is 3. The number of hydrogen-bond donors (Lipinski definition) is 1. The molecule has 180 valence electrons. The number of carbonyl (C=O) groups is 1. The van der Waals surface area contributed by atoms with Gasteiger partial charge in [-0.2, -0.15) is 0 Å². The summed E-state index contributed by atoms with van der Waals surface area (Å²) < 4.78 is 12.6. The lowest BCUT2D eigenvalue weighted by Gasteiger charge is -2.20. The van der Waals surface area contributed by atoms with Gasteiger partial charge >= 0.3 is 0 Å². The zero-order valence-corrected chi connectivity index (χ0v) is 20.5. The number of hydrogen-bond acceptors (Lipinski definition) is 6. The van der Waals surface area contributed by atoms with E-state index in [1.807, 2.05) is 79.7 Å². The first-order chi connectivity index (χ1) is 17.1. The number of fused-ring (bicyclic) bond motifs is 1. The number of amides is 1. The van der Waals surface area contributed by atoms with Gasteiger partial charge in [0.25, 0.3) is 5.56 Å². The first kappa shape index (κ1) is 24.3. The van der Waals surface area contributed by atoms with Gasteiger partial charge in [0, 0.05) is 0 Å². The standard InChI is InChI=1S/C27H27N3O4S/c1-19(20-10-4-3-5-11-20)30-26(32)21-12-6-7-13-22(21)29-27(30)35-18-25(31)28-16-17-34-24-15-9-8-14-23(24)33-2/h3-15,19H,16-18H2,1-2H3,(H,28,31)/t19-/m0/s1. The van der Waals surface area contributed by atoms with E-state index in [0.29, 0.717) is 40.7 Å². The van der Waals surface area contributed by atoms with Crippen LogP contribution in [0, 0.1) is 0 Å². The summed E-state index contributed by atoms with van der Waals surface area (Å²) in [4.78, 5) is 30.6. The third kappa shape index (κ3) is 5.84. The minimum Gasteiger partial charge on any atom is -0.493 e. The van der Waals surface area contributed by atoms with Crippen LogP contribution in [0.5, 0.6) is 11.5 Å². The van der Waals surface area contributed by atoms with Gasteiger partial charge in [-0.3, -0.25) is 14.2 Å². The summed E-state index contributed by atoms with van der Waals surface area (Å²) in [6.45, 7) is 2.61. The molecule has 1 atom stereocenters. The molecule has 1 heterocycles. The van der Waals surface area contributed by atoms with Crippen molar-refractivity contribution < 1.29 is 14.3 Å². The highest BCUT2D eigenvalue weighted by Crippen LogP contribution is 2.26. The van der Waals surface area contributed by atoms with E-state index < -0.39 is 0 Å². The second-order valence-electron chi connectivity index (χ2n) is 7.81. The van der Waals surface area contributed by atoms with Crippen LogP contribution in [0.2, 0.25) is 0 Å². The fourth-order valence-electron chi connectivity index (χ4n) is 3.72. The summed E-state index contributed by atoms with van der Waals surface area (Å²) >= 11 is 1.25. The van der Waals surface area contributed by atoms with Crippen LogP contribution in [-0.4, -0.2) is 41.5 Å². The van der Waals surface area contributed by atoms with Crippen LogP contribution in [0.1, 0.15) is 18.5 Å². The Labute approximate surface area is 208 Å². The average molecular weight is 490 g/mol. The molecule has 4 aromatic rings. The molecule has 0 bridgehead atoms. The summed E-state index contributed by atoms with van der Waals surface area (Å²) in [6, 6.07) is 24.2. The van der Waals surface area contributed by atoms with Crippen molar-refractivity contribution in [3.05, 3.63) is 94.8 Å². The number of ether oxygens (including phenoxy) is 2. The molecule has 1 aromatic heterocycles. The minimum atomic E-state index is -0.236. The quantitative estimate of drug-likeness (QED) is 0.203. The Bertz CT molecular complexity index is 1360. The molecule has 0 aliphatic heterocycles. The van der Waals surface area contributed by atoms with E-state index in [4.69, 9.17) is 14.5 Å². The summed E-state index contributed by atoms with van der Waals surface area (Å²) in [6.07, 6.45) is 0. The number of thioether (sulfide) groups is 1. The van der Waals surface area contributed by atoms with Gasteiger partial charge in [0.1, 0.15) is 6.61 Å². The topological polar surface area (TPSA) is 82.5 Å². The molecular weight excluding hydrogens is 462 g/mol. The summed E-state index contributed by atoms with van der Waals surface area (Å²) in [5.41, 5.74) is 1.48. The largest absolute Gasteiger partial charge is 0.493 e. The maximum Gasteiger partial charge on any atom is 0.262 e. The van der Waals surface area contributed by atoms with Gasteiger partial charge in [-0.15, -0.1) is 0 Å². The van der Waals surface area contributed by atoms with E-state index in [2.05, 4.69) is 5.32 Å². The van der Waals surface area contributed by atoms with Gasteiger partial charge in [0.05, 0.1) is 36.4 Å². The Morgan fingerprint density at radius 3 is 2.46 bits per heavy atom. The van der Waals surface area contributed by atoms with Crippen molar-refractivity contribution in [2.24, 2.45) is 0 Å². The predicted molar refractivity (Wildman–Crippen MR) is 138 cm³/mol. The maximum absolute atomic E-state index is 13.4. The predicted octanol–water partition coefficient (Wildman–Crippen LogP) is 4.30. The first-order valence-corrected chi connectivity index (χ1v) is 12.3. The number of nitrogens with one attached hydrogen (secondary N) is 1. The molecule has 4 rings (SSSR count). The summed E-state index contributed by atoms with van der Waals surface area (Å²) in [5.74, 6) is 1.22. The van der Waals surface area contributed by atoms with E-state index in [1.165, 1.54) is 11.8 Å². The second kappa shape index (κ2) is 11.6. The maximum atomic E-state index is 13.4. The lowest BCUT2D eigenvalue weighted by atomic mass is 10.1. The van der Waals surface area contributed by atoms with Gasteiger partial charge in [-0.1, -0.05) is 66.4 Å². The summed E-state index contributed by atoms with van der Waals surface area (Å²) in [7, 11) is 1.58. The molecule has 8 heteroatoms. The van der Waals surface area contributed by atoms with Crippen LogP contribution in [0.25, 0.3) is 10.9 Å². The number of aromatic nitrogens is 2. The van der Waals surface area contributed by atoms with Crippen molar-refractivity contribution in [2.45, 2.75) is 18.1 Å². The molecule has 3 aromatic carbocycles. The van der Waals surface area contributed by atoms with E-state index in [0.717, 1.165) is 5.56 Å². The van der Waals surface area contributed by atoms with E-state index in [-0.39, 0.29) is 23.3 Å². The molecule has 0 saturated heterocycles. The molecule has 0 radical (unpaired) electrons. The van der Waals surface area contributed by atoms with E-state index in [9.17, 15) is 9.59 Å². The van der Waals surface area contributed by atoms with Crippen molar-refractivity contribution in [1.29, 1.82) is 0 Å². The number of rotatable bonds is 10. The Hall–Kier alpha value is -3.78. The number of benzene rings is 3. The number of nitrogens with zero attached hydrogens (tertiary/aromatic N) is 2. The third-order valence-corrected chi connectivity index (χ3v) is 6.48.